The lowest BCUT2D eigenvalue weighted by Gasteiger charge is -2.06. The normalized spacial score (nSPS) is 10.2. The highest BCUT2D eigenvalue weighted by atomic mass is 16.5. The minimum absolute atomic E-state index is 0.228. The molecule has 0 unspecified atom stereocenters. The van der Waals surface area contributed by atoms with Crippen molar-refractivity contribution >= 4 is 17.6 Å². The SMILES string of the molecule is CCCOC(=O)c1cccc(NC(=O)c2ccc(C)o2)c1. The lowest BCUT2D eigenvalue weighted by molar-refractivity contribution is 0.0505. The first-order valence-electron chi connectivity index (χ1n) is 6.75. The fourth-order valence-corrected chi connectivity index (χ4v) is 1.75. The number of hydrogen-bond acceptors (Lipinski definition) is 4. The van der Waals surface area contributed by atoms with Crippen molar-refractivity contribution in [2.75, 3.05) is 11.9 Å². The van der Waals surface area contributed by atoms with E-state index in [1.165, 1.54) is 0 Å². The predicted molar refractivity (Wildman–Crippen MR) is 78.4 cm³/mol. The number of esters is 1. The summed E-state index contributed by atoms with van der Waals surface area (Å²) >= 11 is 0. The predicted octanol–water partition coefficient (Wildman–Crippen LogP) is 3.41. The first-order chi connectivity index (χ1) is 10.1. The maximum absolute atomic E-state index is 12.0. The average Bonchev–Trinajstić information content (AvgIpc) is 2.91. The first kappa shape index (κ1) is 14.8. The molecule has 0 fully saturated rings. The highest BCUT2D eigenvalue weighted by Gasteiger charge is 2.12. The minimum atomic E-state index is -0.401. The van der Waals surface area contributed by atoms with Gasteiger partial charge in [-0.3, -0.25) is 4.79 Å². The van der Waals surface area contributed by atoms with E-state index in [2.05, 4.69) is 5.32 Å². The van der Waals surface area contributed by atoms with Crippen LogP contribution in [-0.4, -0.2) is 18.5 Å². The fourth-order valence-electron chi connectivity index (χ4n) is 1.75. The van der Waals surface area contributed by atoms with Crippen LogP contribution in [0.1, 0.15) is 40.0 Å². The number of furan rings is 1. The zero-order valence-electron chi connectivity index (χ0n) is 12.0. The molecule has 1 heterocycles. The number of aryl methyl sites for hydroxylation is 1. The molecule has 0 saturated carbocycles. The molecule has 1 amide bonds. The zero-order chi connectivity index (χ0) is 15.2. The highest BCUT2D eigenvalue weighted by Crippen LogP contribution is 2.14. The molecule has 0 saturated heterocycles. The van der Waals surface area contributed by atoms with E-state index in [1.807, 2.05) is 6.92 Å². The molecular formula is C16H17NO4. The summed E-state index contributed by atoms with van der Waals surface area (Å²) in [5.74, 6) is 0.132. The number of carbonyl (C=O) groups excluding carboxylic acids is 2. The highest BCUT2D eigenvalue weighted by molar-refractivity contribution is 6.03. The summed E-state index contributed by atoms with van der Waals surface area (Å²) in [6.45, 7) is 4.07. The van der Waals surface area contributed by atoms with E-state index in [0.717, 1.165) is 6.42 Å². The van der Waals surface area contributed by atoms with Crippen LogP contribution in [0.2, 0.25) is 0 Å². The van der Waals surface area contributed by atoms with Crippen LogP contribution in [0.5, 0.6) is 0 Å². The van der Waals surface area contributed by atoms with Crippen LogP contribution in [0.15, 0.2) is 40.8 Å². The zero-order valence-corrected chi connectivity index (χ0v) is 12.0. The second-order valence-electron chi connectivity index (χ2n) is 4.58. The van der Waals surface area contributed by atoms with Crippen molar-refractivity contribution in [3.63, 3.8) is 0 Å². The van der Waals surface area contributed by atoms with Crippen molar-refractivity contribution in [3.8, 4) is 0 Å². The molecule has 0 spiro atoms. The molecule has 1 N–H and O–H groups in total. The van der Waals surface area contributed by atoms with Gasteiger partial charge in [-0.2, -0.15) is 0 Å². The van der Waals surface area contributed by atoms with E-state index in [4.69, 9.17) is 9.15 Å². The molecule has 2 aromatic rings. The number of benzene rings is 1. The summed E-state index contributed by atoms with van der Waals surface area (Å²) in [5, 5.41) is 2.68. The van der Waals surface area contributed by atoms with Crippen molar-refractivity contribution in [2.45, 2.75) is 20.3 Å². The number of ether oxygens (including phenoxy) is 1. The van der Waals surface area contributed by atoms with Gasteiger partial charge in [0.2, 0.25) is 0 Å². The second kappa shape index (κ2) is 6.74. The van der Waals surface area contributed by atoms with Gasteiger partial charge in [-0.25, -0.2) is 4.79 Å². The van der Waals surface area contributed by atoms with Crippen LogP contribution < -0.4 is 5.32 Å². The summed E-state index contributed by atoms with van der Waals surface area (Å²) in [4.78, 5) is 23.7. The van der Waals surface area contributed by atoms with Gasteiger partial charge in [-0.1, -0.05) is 13.0 Å². The Morgan fingerprint density at radius 2 is 2.05 bits per heavy atom. The number of nitrogens with one attached hydrogen (secondary N) is 1. The molecule has 2 rings (SSSR count). The van der Waals surface area contributed by atoms with E-state index in [0.29, 0.717) is 23.6 Å². The van der Waals surface area contributed by atoms with E-state index >= 15 is 0 Å². The van der Waals surface area contributed by atoms with Crippen molar-refractivity contribution in [1.82, 2.24) is 0 Å². The lowest BCUT2D eigenvalue weighted by atomic mass is 10.2. The monoisotopic (exact) mass is 287 g/mol. The van der Waals surface area contributed by atoms with Crippen LogP contribution in [-0.2, 0) is 4.74 Å². The standard InChI is InChI=1S/C16H17NO4/c1-3-9-20-16(19)12-5-4-6-13(10-12)17-15(18)14-8-7-11(2)21-14/h4-8,10H,3,9H2,1-2H3,(H,17,18). The summed E-state index contributed by atoms with van der Waals surface area (Å²) in [6.07, 6.45) is 0.764. The van der Waals surface area contributed by atoms with E-state index < -0.39 is 5.97 Å². The topological polar surface area (TPSA) is 68.5 Å². The van der Waals surface area contributed by atoms with Gasteiger partial charge < -0.3 is 14.5 Å². The Kier molecular flexibility index (Phi) is 4.77. The van der Waals surface area contributed by atoms with Gasteiger partial charge in [0.15, 0.2) is 5.76 Å². The second-order valence-corrected chi connectivity index (χ2v) is 4.58. The molecule has 1 aromatic carbocycles. The maximum atomic E-state index is 12.0. The largest absolute Gasteiger partial charge is 0.462 e. The molecule has 0 aliphatic rings. The van der Waals surface area contributed by atoms with Crippen LogP contribution in [0, 0.1) is 6.92 Å². The smallest absolute Gasteiger partial charge is 0.338 e. The lowest BCUT2D eigenvalue weighted by Crippen LogP contribution is -2.12. The summed E-state index contributed by atoms with van der Waals surface area (Å²) in [7, 11) is 0. The summed E-state index contributed by atoms with van der Waals surface area (Å²) in [5.41, 5.74) is 0.914. The van der Waals surface area contributed by atoms with Gasteiger partial charge in [0, 0.05) is 5.69 Å². The molecule has 5 heteroatoms. The molecule has 0 radical (unpaired) electrons. The Hall–Kier alpha value is -2.56. The van der Waals surface area contributed by atoms with Gasteiger partial charge in [0.1, 0.15) is 5.76 Å². The maximum Gasteiger partial charge on any atom is 0.338 e. The van der Waals surface area contributed by atoms with Gasteiger partial charge in [0.25, 0.3) is 5.91 Å². The molecule has 0 aliphatic carbocycles. The van der Waals surface area contributed by atoms with Crippen LogP contribution in [0.3, 0.4) is 0 Å². The van der Waals surface area contributed by atoms with Gasteiger partial charge in [-0.15, -0.1) is 0 Å². The molecule has 0 bridgehead atoms. The van der Waals surface area contributed by atoms with E-state index in [1.54, 1.807) is 43.3 Å². The Bertz CT molecular complexity index is 645. The fraction of sp³-hybridized carbons (Fsp3) is 0.250. The van der Waals surface area contributed by atoms with Crippen molar-refractivity contribution in [3.05, 3.63) is 53.5 Å². The Labute approximate surface area is 122 Å². The van der Waals surface area contributed by atoms with Crippen molar-refractivity contribution in [1.29, 1.82) is 0 Å². The summed E-state index contributed by atoms with van der Waals surface area (Å²) in [6, 6.07) is 9.92. The average molecular weight is 287 g/mol. The minimum Gasteiger partial charge on any atom is -0.462 e. The van der Waals surface area contributed by atoms with Gasteiger partial charge in [0.05, 0.1) is 12.2 Å². The number of carbonyl (C=O) groups is 2. The van der Waals surface area contributed by atoms with Gasteiger partial charge in [-0.05, 0) is 43.7 Å². The van der Waals surface area contributed by atoms with E-state index in [-0.39, 0.29) is 11.7 Å². The molecule has 0 aliphatic heterocycles. The summed E-state index contributed by atoms with van der Waals surface area (Å²) < 4.78 is 10.3. The molecule has 21 heavy (non-hydrogen) atoms. The first-order valence-corrected chi connectivity index (χ1v) is 6.75. The van der Waals surface area contributed by atoms with Crippen LogP contribution in [0.4, 0.5) is 5.69 Å². The van der Waals surface area contributed by atoms with Crippen LogP contribution >= 0.6 is 0 Å². The number of anilines is 1. The van der Waals surface area contributed by atoms with Crippen LogP contribution in [0.25, 0.3) is 0 Å². The third kappa shape index (κ3) is 3.95. The molecule has 5 nitrogen and oxygen atoms in total. The Morgan fingerprint density at radius 1 is 1.24 bits per heavy atom. The third-order valence-corrected chi connectivity index (χ3v) is 2.76. The molecule has 0 atom stereocenters. The number of hydrogen-bond donors (Lipinski definition) is 1. The quantitative estimate of drug-likeness (QED) is 0.856. The Balaban J connectivity index is 2.07. The third-order valence-electron chi connectivity index (χ3n) is 2.76. The van der Waals surface area contributed by atoms with Crippen molar-refractivity contribution < 1.29 is 18.7 Å². The number of amides is 1. The molecule has 110 valence electrons. The Morgan fingerprint density at radius 3 is 2.71 bits per heavy atom. The van der Waals surface area contributed by atoms with Gasteiger partial charge >= 0.3 is 5.97 Å². The molecular weight excluding hydrogens is 270 g/mol. The molecule has 1 aromatic heterocycles. The van der Waals surface area contributed by atoms with E-state index in [9.17, 15) is 9.59 Å². The number of rotatable bonds is 5. The van der Waals surface area contributed by atoms with Crippen molar-refractivity contribution in [2.24, 2.45) is 0 Å².